The molecule has 0 unspecified atom stereocenters. The quantitative estimate of drug-likeness (QED) is 0.447. The Hall–Kier alpha value is -1.42. The lowest BCUT2D eigenvalue weighted by Gasteiger charge is -2.12. The zero-order valence-corrected chi connectivity index (χ0v) is 7.09. The van der Waals surface area contributed by atoms with Gasteiger partial charge < -0.3 is 22.9 Å². The number of rotatable bonds is 1. The van der Waals surface area contributed by atoms with Gasteiger partial charge in [-0.3, -0.25) is 0 Å². The summed E-state index contributed by atoms with van der Waals surface area (Å²) >= 11 is 0. The number of nitrogens with two attached hydrogens (primary N) is 4. The van der Waals surface area contributed by atoms with Crippen molar-refractivity contribution in [2.45, 2.75) is 13.5 Å². The van der Waals surface area contributed by atoms with Crippen LogP contribution in [0.5, 0.6) is 0 Å². The van der Waals surface area contributed by atoms with E-state index in [-0.39, 0.29) is 0 Å². The molecule has 0 spiro atoms. The van der Waals surface area contributed by atoms with Gasteiger partial charge in [0.2, 0.25) is 0 Å². The molecule has 0 aromatic heterocycles. The predicted octanol–water partition coefficient (Wildman–Crippen LogP) is 0.200. The van der Waals surface area contributed by atoms with Crippen LogP contribution in [0.3, 0.4) is 0 Å². The first-order valence-electron chi connectivity index (χ1n) is 3.71. The van der Waals surface area contributed by atoms with Crippen molar-refractivity contribution < 1.29 is 0 Å². The molecule has 4 heteroatoms. The smallest absolute Gasteiger partial charge is 0.0597 e. The summed E-state index contributed by atoms with van der Waals surface area (Å²) in [4.78, 5) is 0. The van der Waals surface area contributed by atoms with E-state index in [1.165, 1.54) is 0 Å². The standard InChI is InChI=1S/C8H14N4/c1-4-5(3-9)8(12)7(11)2-6(4)10/h2H,3,9-12H2,1H3. The summed E-state index contributed by atoms with van der Waals surface area (Å²) < 4.78 is 0. The summed E-state index contributed by atoms with van der Waals surface area (Å²) in [5.41, 5.74) is 25.9. The highest BCUT2D eigenvalue weighted by atomic mass is 14.7. The maximum atomic E-state index is 5.70. The van der Waals surface area contributed by atoms with Crippen molar-refractivity contribution in [2.24, 2.45) is 5.73 Å². The molecule has 0 saturated carbocycles. The van der Waals surface area contributed by atoms with Crippen molar-refractivity contribution in [3.63, 3.8) is 0 Å². The highest BCUT2D eigenvalue weighted by molar-refractivity contribution is 5.75. The molecule has 0 aliphatic heterocycles. The van der Waals surface area contributed by atoms with E-state index in [9.17, 15) is 0 Å². The molecule has 0 amide bonds. The molecule has 0 radical (unpaired) electrons. The van der Waals surface area contributed by atoms with E-state index in [1.807, 2.05) is 6.92 Å². The van der Waals surface area contributed by atoms with E-state index >= 15 is 0 Å². The molecule has 1 aromatic rings. The average molecular weight is 166 g/mol. The zero-order chi connectivity index (χ0) is 9.30. The first-order valence-corrected chi connectivity index (χ1v) is 3.71. The van der Waals surface area contributed by atoms with Gasteiger partial charge in [0.15, 0.2) is 0 Å². The number of nitrogen functional groups attached to an aromatic ring is 3. The third-order valence-corrected chi connectivity index (χ3v) is 2.04. The topological polar surface area (TPSA) is 104 Å². The van der Waals surface area contributed by atoms with E-state index in [0.717, 1.165) is 11.1 Å². The Labute approximate surface area is 71.5 Å². The molecule has 0 fully saturated rings. The average Bonchev–Trinajstić information content (AvgIpc) is 2.02. The SMILES string of the molecule is Cc1c(N)cc(N)c(N)c1CN. The van der Waals surface area contributed by atoms with Crippen LogP contribution in [0, 0.1) is 6.92 Å². The molecule has 12 heavy (non-hydrogen) atoms. The molecule has 0 aliphatic rings. The van der Waals surface area contributed by atoms with Crippen molar-refractivity contribution in [1.82, 2.24) is 0 Å². The van der Waals surface area contributed by atoms with Gasteiger partial charge in [0.1, 0.15) is 0 Å². The van der Waals surface area contributed by atoms with Gasteiger partial charge in [0.05, 0.1) is 11.4 Å². The van der Waals surface area contributed by atoms with E-state index in [4.69, 9.17) is 22.9 Å². The van der Waals surface area contributed by atoms with Gasteiger partial charge in [0.25, 0.3) is 0 Å². The molecule has 0 saturated heterocycles. The van der Waals surface area contributed by atoms with Crippen LogP contribution in [0.4, 0.5) is 17.1 Å². The maximum absolute atomic E-state index is 5.70. The summed E-state index contributed by atoms with van der Waals surface area (Å²) in [6, 6.07) is 1.66. The number of hydrogen-bond acceptors (Lipinski definition) is 4. The Balaban J connectivity index is 3.42. The molecule has 0 heterocycles. The fourth-order valence-corrected chi connectivity index (χ4v) is 1.17. The summed E-state index contributed by atoms with van der Waals surface area (Å²) in [5.74, 6) is 0. The zero-order valence-electron chi connectivity index (χ0n) is 7.09. The molecule has 1 aromatic carbocycles. The minimum absolute atomic E-state index is 0.368. The molecule has 1 rings (SSSR count). The van der Waals surface area contributed by atoms with Crippen molar-refractivity contribution in [3.8, 4) is 0 Å². The molecule has 0 aliphatic carbocycles. The normalized spacial score (nSPS) is 10.2. The minimum atomic E-state index is 0.368. The van der Waals surface area contributed by atoms with Gasteiger partial charge in [-0.05, 0) is 24.1 Å². The Kier molecular flexibility index (Phi) is 2.10. The lowest BCUT2D eigenvalue weighted by Crippen LogP contribution is -2.08. The van der Waals surface area contributed by atoms with Gasteiger partial charge in [-0.25, -0.2) is 0 Å². The highest BCUT2D eigenvalue weighted by Gasteiger charge is 2.07. The van der Waals surface area contributed by atoms with E-state index in [1.54, 1.807) is 6.07 Å². The van der Waals surface area contributed by atoms with Gasteiger partial charge in [-0.15, -0.1) is 0 Å². The van der Waals surface area contributed by atoms with Crippen LogP contribution in [-0.4, -0.2) is 0 Å². The molecular formula is C8H14N4. The van der Waals surface area contributed by atoms with Crippen LogP contribution in [0.15, 0.2) is 6.07 Å². The summed E-state index contributed by atoms with van der Waals surface area (Å²) in [6.45, 7) is 2.25. The van der Waals surface area contributed by atoms with Gasteiger partial charge in [0, 0.05) is 12.2 Å². The number of anilines is 3. The third-order valence-electron chi connectivity index (χ3n) is 2.04. The third kappa shape index (κ3) is 1.16. The van der Waals surface area contributed by atoms with Crippen LogP contribution in [0.1, 0.15) is 11.1 Å². The Morgan fingerprint density at radius 2 is 1.75 bits per heavy atom. The van der Waals surface area contributed by atoms with Crippen LogP contribution in [0.25, 0.3) is 0 Å². The van der Waals surface area contributed by atoms with E-state index in [0.29, 0.717) is 23.6 Å². The second kappa shape index (κ2) is 2.91. The van der Waals surface area contributed by atoms with Crippen LogP contribution in [0.2, 0.25) is 0 Å². The number of benzene rings is 1. The first kappa shape index (κ1) is 8.67. The molecule has 4 nitrogen and oxygen atoms in total. The molecular weight excluding hydrogens is 152 g/mol. The Morgan fingerprint density at radius 3 is 2.25 bits per heavy atom. The van der Waals surface area contributed by atoms with Crippen LogP contribution in [-0.2, 0) is 6.54 Å². The van der Waals surface area contributed by atoms with E-state index < -0.39 is 0 Å². The van der Waals surface area contributed by atoms with Gasteiger partial charge in [-0.1, -0.05) is 0 Å². The van der Waals surface area contributed by atoms with Crippen molar-refractivity contribution in [2.75, 3.05) is 17.2 Å². The second-order valence-electron chi connectivity index (χ2n) is 2.78. The maximum Gasteiger partial charge on any atom is 0.0597 e. The van der Waals surface area contributed by atoms with Crippen molar-refractivity contribution in [3.05, 3.63) is 17.2 Å². The Morgan fingerprint density at radius 1 is 1.17 bits per heavy atom. The van der Waals surface area contributed by atoms with Gasteiger partial charge >= 0.3 is 0 Å². The van der Waals surface area contributed by atoms with E-state index in [2.05, 4.69) is 0 Å². The monoisotopic (exact) mass is 166 g/mol. The lowest BCUT2D eigenvalue weighted by atomic mass is 10.0. The number of hydrogen-bond donors (Lipinski definition) is 4. The van der Waals surface area contributed by atoms with Crippen LogP contribution >= 0.6 is 0 Å². The fraction of sp³-hybridized carbons (Fsp3) is 0.250. The minimum Gasteiger partial charge on any atom is -0.398 e. The highest BCUT2D eigenvalue weighted by Crippen LogP contribution is 2.27. The molecule has 66 valence electrons. The van der Waals surface area contributed by atoms with Gasteiger partial charge in [-0.2, -0.15) is 0 Å². The van der Waals surface area contributed by atoms with Crippen LogP contribution < -0.4 is 22.9 Å². The van der Waals surface area contributed by atoms with Crippen molar-refractivity contribution in [1.29, 1.82) is 0 Å². The fourth-order valence-electron chi connectivity index (χ4n) is 1.17. The summed E-state index contributed by atoms with van der Waals surface area (Å²) in [5, 5.41) is 0. The largest absolute Gasteiger partial charge is 0.398 e. The second-order valence-corrected chi connectivity index (χ2v) is 2.78. The Bertz CT molecular complexity index is 280. The molecule has 0 atom stereocenters. The molecule has 8 N–H and O–H groups in total. The summed E-state index contributed by atoms with van der Waals surface area (Å²) in [6.07, 6.45) is 0. The van der Waals surface area contributed by atoms with Crippen molar-refractivity contribution >= 4 is 17.1 Å². The summed E-state index contributed by atoms with van der Waals surface area (Å²) in [7, 11) is 0. The lowest BCUT2D eigenvalue weighted by molar-refractivity contribution is 1.06. The predicted molar refractivity (Wildman–Crippen MR) is 52.3 cm³/mol. The first-order chi connectivity index (χ1) is 5.57. The molecule has 0 bridgehead atoms.